The van der Waals surface area contributed by atoms with Gasteiger partial charge in [0.15, 0.2) is 5.82 Å². The lowest BCUT2D eigenvalue weighted by atomic mass is 9.93. The molecule has 0 amide bonds. The molecule has 1 aromatic heterocycles. The van der Waals surface area contributed by atoms with E-state index < -0.39 is 22.9 Å². The second-order valence-corrected chi connectivity index (χ2v) is 8.02. The fourth-order valence-corrected chi connectivity index (χ4v) is 3.42. The second-order valence-electron chi connectivity index (χ2n) is 7.64. The smallest absolute Gasteiger partial charge is 0.335 e. The monoisotopic (exact) mass is 459 g/mol. The molecule has 0 aliphatic rings. The van der Waals surface area contributed by atoms with Crippen LogP contribution in [0.1, 0.15) is 35.3 Å². The molecular weight excluding hydrogens is 437 g/mol. The summed E-state index contributed by atoms with van der Waals surface area (Å²) in [6.07, 6.45) is 2.76. The maximum atomic E-state index is 14.3. The number of rotatable bonds is 8. The Balaban J connectivity index is 2.04. The van der Waals surface area contributed by atoms with E-state index in [0.717, 1.165) is 11.6 Å². The lowest BCUT2D eigenvalue weighted by molar-refractivity contribution is 0.0696. The van der Waals surface area contributed by atoms with E-state index in [2.05, 4.69) is 10.3 Å². The zero-order valence-corrected chi connectivity index (χ0v) is 18.6. The van der Waals surface area contributed by atoms with Crippen molar-refractivity contribution in [2.45, 2.75) is 26.3 Å². The van der Waals surface area contributed by atoms with Crippen LogP contribution in [0.3, 0.4) is 0 Å². The molecule has 0 aliphatic carbocycles. The number of aromatic nitrogens is 2. The van der Waals surface area contributed by atoms with E-state index in [9.17, 15) is 19.1 Å². The van der Waals surface area contributed by atoms with Gasteiger partial charge in [-0.3, -0.25) is 9.36 Å². The highest BCUT2D eigenvalue weighted by Gasteiger charge is 2.26. The molecule has 0 bridgehead atoms. The fourth-order valence-electron chi connectivity index (χ4n) is 3.35. The Morgan fingerprint density at radius 2 is 2.03 bits per heavy atom. The van der Waals surface area contributed by atoms with Gasteiger partial charge in [-0.05, 0) is 39.0 Å². The maximum Gasteiger partial charge on any atom is 0.335 e. The first kappa shape index (κ1) is 23.3. The first-order valence-corrected chi connectivity index (χ1v) is 10.4. The summed E-state index contributed by atoms with van der Waals surface area (Å²) in [5.74, 6) is -1.04. The van der Waals surface area contributed by atoms with Crippen LogP contribution in [-0.2, 0) is 5.54 Å². The molecule has 0 aliphatic heterocycles. The summed E-state index contributed by atoms with van der Waals surface area (Å²) in [6.45, 7) is 5.54. The number of nitrogens with one attached hydrogen (secondary N) is 1. The van der Waals surface area contributed by atoms with Crippen LogP contribution < -0.4 is 15.6 Å². The highest BCUT2D eigenvalue weighted by atomic mass is 35.5. The van der Waals surface area contributed by atoms with Crippen LogP contribution >= 0.6 is 11.6 Å². The number of halogens is 2. The van der Waals surface area contributed by atoms with Crippen molar-refractivity contribution in [2.75, 3.05) is 17.8 Å². The van der Waals surface area contributed by atoms with E-state index in [1.54, 1.807) is 0 Å². The normalized spacial score (nSPS) is 11.3. The number of hydrogen-bond donors (Lipinski definition) is 2. The number of nitrogens with zero attached hydrogens (tertiary/aromatic N) is 2. The number of carboxylic acids is 1. The van der Waals surface area contributed by atoms with E-state index >= 15 is 0 Å². The van der Waals surface area contributed by atoms with E-state index in [0.29, 0.717) is 18.2 Å². The predicted molar refractivity (Wildman–Crippen MR) is 121 cm³/mol. The number of alkyl halides is 1. The molecule has 168 valence electrons. The molecular formula is C23H23ClFN3O4. The summed E-state index contributed by atoms with van der Waals surface area (Å²) in [5.41, 5.74) is -0.513. The van der Waals surface area contributed by atoms with Crippen molar-refractivity contribution >= 4 is 23.4 Å². The molecule has 2 N–H and O–H groups in total. The fraction of sp³-hybridized carbons (Fsp3) is 0.261. The summed E-state index contributed by atoms with van der Waals surface area (Å²) in [7, 11) is 0. The lowest BCUT2D eigenvalue weighted by Gasteiger charge is -2.29. The third-order valence-corrected chi connectivity index (χ3v) is 5.14. The van der Waals surface area contributed by atoms with Crippen LogP contribution in [-0.4, -0.2) is 33.1 Å². The molecule has 0 radical (unpaired) electrons. The number of carbonyl (C=O) groups is 1. The molecule has 0 spiro atoms. The van der Waals surface area contributed by atoms with Gasteiger partial charge >= 0.3 is 5.97 Å². The van der Waals surface area contributed by atoms with E-state index in [1.807, 2.05) is 38.1 Å². The number of ether oxygens (including phenoxy) is 1. The number of hydrogen-bond acceptors (Lipinski definition) is 5. The van der Waals surface area contributed by atoms with Gasteiger partial charge in [0.25, 0.3) is 5.56 Å². The Hall–Kier alpha value is -3.39. The summed E-state index contributed by atoms with van der Waals surface area (Å²) >= 11 is 5.74. The Bertz CT molecular complexity index is 1210. The van der Waals surface area contributed by atoms with Gasteiger partial charge in [-0.2, -0.15) is 0 Å². The molecule has 0 atom stereocenters. The average Bonchev–Trinajstić information content (AvgIpc) is 2.75. The second kappa shape index (κ2) is 9.40. The standard InChI is InChI=1S/C23H23ClFN3O4/c1-14-17(25)12-15(22(30)31)13-18(14)28-10-9-26-20(21(28)29)27-23(2,3)16-6-4-5-7-19(16)32-11-8-24/h4-7,9-10,12-13H,8,11H2,1-3H3,(H,26,27)(H,30,31). The van der Waals surface area contributed by atoms with Crippen molar-refractivity contribution in [3.63, 3.8) is 0 Å². The summed E-state index contributed by atoms with van der Waals surface area (Å²) < 4.78 is 21.2. The Morgan fingerprint density at radius 3 is 2.72 bits per heavy atom. The van der Waals surface area contributed by atoms with Crippen LogP contribution in [0, 0.1) is 12.7 Å². The lowest BCUT2D eigenvalue weighted by Crippen LogP contribution is -2.34. The predicted octanol–water partition coefficient (Wildman–Crippen LogP) is 4.34. The molecule has 2 aromatic carbocycles. The third kappa shape index (κ3) is 4.75. The minimum atomic E-state index is -1.29. The molecule has 0 unspecified atom stereocenters. The first-order chi connectivity index (χ1) is 15.2. The molecule has 1 heterocycles. The van der Waals surface area contributed by atoms with E-state index in [1.165, 1.54) is 30.0 Å². The third-order valence-electron chi connectivity index (χ3n) is 4.99. The maximum absolute atomic E-state index is 14.3. The SMILES string of the molecule is Cc1c(F)cc(C(=O)O)cc1-n1ccnc(NC(C)(C)c2ccccc2OCCCl)c1=O. The highest BCUT2D eigenvalue weighted by Crippen LogP contribution is 2.32. The van der Waals surface area contributed by atoms with Gasteiger partial charge in [-0.25, -0.2) is 14.2 Å². The quantitative estimate of drug-likeness (QED) is 0.487. The number of carboxylic acid groups (broad SMARTS) is 1. The summed E-state index contributed by atoms with van der Waals surface area (Å²) in [6, 6.07) is 9.55. The molecule has 0 saturated heterocycles. The number of anilines is 1. The summed E-state index contributed by atoms with van der Waals surface area (Å²) in [4.78, 5) is 28.7. The molecule has 0 saturated carbocycles. The van der Waals surface area contributed by atoms with Crippen LogP contribution in [0.2, 0.25) is 0 Å². The zero-order chi connectivity index (χ0) is 23.5. The Labute approximate surface area is 189 Å². The van der Waals surface area contributed by atoms with Crippen molar-refractivity contribution in [1.82, 2.24) is 9.55 Å². The van der Waals surface area contributed by atoms with Gasteiger partial charge < -0.3 is 15.2 Å². The molecule has 3 rings (SSSR count). The topological polar surface area (TPSA) is 93.4 Å². The number of para-hydroxylation sites is 1. The van der Waals surface area contributed by atoms with Gasteiger partial charge in [-0.15, -0.1) is 11.6 Å². The first-order valence-electron chi connectivity index (χ1n) is 9.83. The van der Waals surface area contributed by atoms with Gasteiger partial charge in [0.05, 0.1) is 22.7 Å². The largest absolute Gasteiger partial charge is 0.492 e. The average molecular weight is 460 g/mol. The van der Waals surface area contributed by atoms with Crippen molar-refractivity contribution in [1.29, 1.82) is 0 Å². The molecule has 32 heavy (non-hydrogen) atoms. The van der Waals surface area contributed by atoms with Gasteiger partial charge in [0.1, 0.15) is 18.2 Å². The Kier molecular flexibility index (Phi) is 6.84. The zero-order valence-electron chi connectivity index (χ0n) is 17.9. The number of aromatic carboxylic acids is 1. The van der Waals surface area contributed by atoms with Crippen molar-refractivity contribution in [3.05, 3.63) is 81.7 Å². The van der Waals surface area contributed by atoms with Crippen molar-refractivity contribution in [3.8, 4) is 11.4 Å². The van der Waals surface area contributed by atoms with Crippen LogP contribution in [0.4, 0.5) is 10.2 Å². The van der Waals surface area contributed by atoms with Gasteiger partial charge in [0.2, 0.25) is 0 Å². The van der Waals surface area contributed by atoms with Crippen molar-refractivity contribution in [2.24, 2.45) is 0 Å². The van der Waals surface area contributed by atoms with Gasteiger partial charge in [-0.1, -0.05) is 18.2 Å². The van der Waals surface area contributed by atoms with E-state index in [-0.39, 0.29) is 22.6 Å². The van der Waals surface area contributed by atoms with Gasteiger partial charge in [0, 0.05) is 23.5 Å². The summed E-state index contributed by atoms with van der Waals surface area (Å²) in [5, 5.41) is 12.4. The minimum absolute atomic E-state index is 0.0187. The molecule has 0 fully saturated rings. The van der Waals surface area contributed by atoms with Crippen LogP contribution in [0.25, 0.3) is 5.69 Å². The van der Waals surface area contributed by atoms with Crippen LogP contribution in [0.5, 0.6) is 5.75 Å². The molecule has 7 nitrogen and oxygen atoms in total. The molecule has 9 heteroatoms. The highest BCUT2D eigenvalue weighted by molar-refractivity contribution is 6.18. The minimum Gasteiger partial charge on any atom is -0.492 e. The number of benzene rings is 2. The molecule has 3 aromatic rings. The van der Waals surface area contributed by atoms with E-state index in [4.69, 9.17) is 16.3 Å². The van der Waals surface area contributed by atoms with Crippen LogP contribution in [0.15, 0.2) is 53.6 Å². The Morgan fingerprint density at radius 1 is 1.31 bits per heavy atom. The van der Waals surface area contributed by atoms with Crippen molar-refractivity contribution < 1.29 is 19.0 Å².